The SMILES string of the molecule is N#CC(=O)c1cc2c3c(c1)Sc1ccccc1N3c1ccccc1O2. The van der Waals surface area contributed by atoms with Gasteiger partial charge >= 0.3 is 0 Å². The van der Waals surface area contributed by atoms with E-state index in [9.17, 15) is 4.79 Å². The Kier molecular flexibility index (Phi) is 2.90. The minimum absolute atomic E-state index is 0.350. The standard InChI is InChI=1S/C20H10N2O2S/c21-11-15(23)12-9-17-20-19(10-12)25-18-8-4-2-6-14(18)22(20)13-5-1-3-7-16(13)24-17/h1-10H. The fourth-order valence-corrected chi connectivity index (χ4v) is 4.34. The summed E-state index contributed by atoms with van der Waals surface area (Å²) in [7, 11) is 0. The van der Waals surface area contributed by atoms with Gasteiger partial charge in [0.25, 0.3) is 5.78 Å². The van der Waals surface area contributed by atoms with E-state index >= 15 is 0 Å². The van der Waals surface area contributed by atoms with E-state index in [0.717, 1.165) is 32.6 Å². The second-order valence-electron chi connectivity index (χ2n) is 5.74. The van der Waals surface area contributed by atoms with Gasteiger partial charge in [0.2, 0.25) is 0 Å². The molecule has 2 aliphatic rings. The van der Waals surface area contributed by atoms with Crippen LogP contribution in [0.1, 0.15) is 10.4 Å². The van der Waals surface area contributed by atoms with Crippen LogP contribution in [0.15, 0.2) is 70.5 Å². The topological polar surface area (TPSA) is 53.3 Å². The molecule has 2 heterocycles. The fraction of sp³-hybridized carbons (Fsp3) is 0. The number of rotatable bonds is 1. The molecular formula is C20H10N2O2S. The van der Waals surface area contributed by atoms with Crippen LogP contribution in [0.4, 0.5) is 17.1 Å². The average molecular weight is 342 g/mol. The van der Waals surface area contributed by atoms with Crippen molar-refractivity contribution in [3.8, 4) is 17.6 Å². The molecule has 0 spiro atoms. The first-order chi connectivity index (χ1) is 12.3. The number of carbonyl (C=O) groups excluding carboxylic acids is 1. The highest BCUT2D eigenvalue weighted by Crippen LogP contribution is 2.59. The van der Waals surface area contributed by atoms with Gasteiger partial charge in [0.05, 0.1) is 11.4 Å². The Balaban J connectivity index is 1.83. The number of ether oxygens (including phenoxy) is 1. The van der Waals surface area contributed by atoms with Crippen molar-refractivity contribution in [2.24, 2.45) is 0 Å². The average Bonchev–Trinajstić information content (AvgIpc) is 2.66. The number of benzene rings is 3. The predicted octanol–water partition coefficient (Wildman–Crippen LogP) is 5.43. The van der Waals surface area contributed by atoms with Crippen LogP contribution in [-0.4, -0.2) is 5.78 Å². The lowest BCUT2D eigenvalue weighted by Crippen LogP contribution is -2.20. The largest absolute Gasteiger partial charge is 0.453 e. The van der Waals surface area contributed by atoms with Gasteiger partial charge in [0.15, 0.2) is 11.5 Å². The maximum Gasteiger partial charge on any atom is 0.262 e. The summed E-state index contributed by atoms with van der Waals surface area (Å²) in [5.41, 5.74) is 3.30. The molecule has 3 aromatic rings. The van der Waals surface area contributed by atoms with Gasteiger partial charge in [0.1, 0.15) is 11.8 Å². The molecule has 0 saturated heterocycles. The monoisotopic (exact) mass is 342 g/mol. The van der Waals surface area contributed by atoms with E-state index in [1.807, 2.05) is 36.4 Å². The molecule has 0 radical (unpaired) electrons. The summed E-state index contributed by atoms with van der Waals surface area (Å²) in [4.78, 5) is 16.1. The molecule has 4 nitrogen and oxygen atoms in total. The number of nitrogens with zero attached hydrogens (tertiary/aromatic N) is 2. The molecule has 0 fully saturated rings. The predicted molar refractivity (Wildman–Crippen MR) is 95.3 cm³/mol. The van der Waals surface area contributed by atoms with Crippen molar-refractivity contribution in [3.05, 3.63) is 66.2 Å². The molecule has 0 aromatic heterocycles. The molecule has 0 saturated carbocycles. The van der Waals surface area contributed by atoms with Crippen LogP contribution in [0, 0.1) is 11.3 Å². The van der Waals surface area contributed by atoms with Gasteiger partial charge < -0.3 is 9.64 Å². The number of Topliss-reactive ketones (excluding diaryl/α,β-unsaturated/α-hetero) is 1. The van der Waals surface area contributed by atoms with Crippen LogP contribution in [0.25, 0.3) is 0 Å². The molecule has 0 bridgehead atoms. The molecule has 5 rings (SSSR count). The number of carbonyl (C=O) groups is 1. The Morgan fingerprint density at radius 2 is 1.72 bits per heavy atom. The van der Waals surface area contributed by atoms with Gasteiger partial charge in [-0.25, -0.2) is 0 Å². The van der Waals surface area contributed by atoms with E-state index in [-0.39, 0.29) is 0 Å². The van der Waals surface area contributed by atoms with E-state index in [0.29, 0.717) is 11.3 Å². The fourth-order valence-electron chi connectivity index (χ4n) is 3.22. The van der Waals surface area contributed by atoms with Gasteiger partial charge in [-0.2, -0.15) is 5.26 Å². The summed E-state index contributed by atoms with van der Waals surface area (Å²) >= 11 is 1.58. The van der Waals surface area contributed by atoms with Crippen LogP contribution in [0.2, 0.25) is 0 Å². The van der Waals surface area contributed by atoms with Crippen molar-refractivity contribution >= 4 is 34.6 Å². The van der Waals surface area contributed by atoms with Crippen molar-refractivity contribution in [3.63, 3.8) is 0 Å². The summed E-state index contributed by atoms with van der Waals surface area (Å²) in [6, 6.07) is 21.1. The number of nitriles is 1. The third-order valence-electron chi connectivity index (χ3n) is 4.28. The Morgan fingerprint density at radius 3 is 2.56 bits per heavy atom. The second-order valence-corrected chi connectivity index (χ2v) is 6.82. The number of fused-ring (bicyclic) bond motifs is 4. The first-order valence-corrected chi connectivity index (χ1v) is 8.54. The normalized spacial score (nSPS) is 13.0. The summed E-state index contributed by atoms with van der Waals surface area (Å²) in [5, 5.41) is 8.98. The van der Waals surface area contributed by atoms with Crippen molar-refractivity contribution in [1.29, 1.82) is 5.26 Å². The number of hydrogen-bond donors (Lipinski definition) is 0. The highest BCUT2D eigenvalue weighted by atomic mass is 32.2. The smallest absolute Gasteiger partial charge is 0.262 e. The lowest BCUT2D eigenvalue weighted by Gasteiger charge is -2.38. The van der Waals surface area contributed by atoms with Gasteiger partial charge in [-0.05, 0) is 36.4 Å². The van der Waals surface area contributed by atoms with E-state index in [4.69, 9.17) is 10.00 Å². The highest BCUT2D eigenvalue weighted by molar-refractivity contribution is 7.99. The zero-order valence-corrected chi connectivity index (χ0v) is 13.7. The third-order valence-corrected chi connectivity index (χ3v) is 5.38. The van der Waals surface area contributed by atoms with Crippen LogP contribution >= 0.6 is 11.8 Å². The zero-order valence-electron chi connectivity index (χ0n) is 12.9. The maximum absolute atomic E-state index is 11.9. The van der Waals surface area contributed by atoms with Crippen molar-refractivity contribution in [2.75, 3.05) is 4.90 Å². The van der Waals surface area contributed by atoms with E-state index in [2.05, 4.69) is 17.0 Å². The quantitative estimate of drug-likeness (QED) is 0.300. The van der Waals surface area contributed by atoms with Crippen molar-refractivity contribution in [2.45, 2.75) is 9.79 Å². The van der Waals surface area contributed by atoms with E-state index in [1.165, 1.54) is 0 Å². The summed E-state index contributed by atoms with van der Waals surface area (Å²) in [5.74, 6) is 0.758. The first kappa shape index (κ1) is 14.1. The molecule has 0 aliphatic carbocycles. The second kappa shape index (κ2) is 5.13. The molecule has 0 amide bonds. The van der Waals surface area contributed by atoms with Crippen LogP contribution in [0.3, 0.4) is 0 Å². The van der Waals surface area contributed by atoms with Crippen LogP contribution in [0.5, 0.6) is 11.5 Å². The number of ketones is 1. The summed E-state index contributed by atoms with van der Waals surface area (Å²) in [6.07, 6.45) is 0. The molecule has 2 aliphatic heterocycles. The Morgan fingerprint density at radius 1 is 0.960 bits per heavy atom. The molecule has 0 N–H and O–H groups in total. The summed E-state index contributed by atoms with van der Waals surface area (Å²) in [6.45, 7) is 0. The third kappa shape index (κ3) is 1.98. The first-order valence-electron chi connectivity index (χ1n) is 7.72. The lowest BCUT2D eigenvalue weighted by molar-refractivity contribution is 0.105. The molecule has 5 heteroatoms. The van der Waals surface area contributed by atoms with E-state index in [1.54, 1.807) is 30.0 Å². The highest BCUT2D eigenvalue weighted by Gasteiger charge is 2.34. The zero-order chi connectivity index (χ0) is 17.0. The lowest BCUT2D eigenvalue weighted by atomic mass is 10.1. The van der Waals surface area contributed by atoms with Gasteiger partial charge in [-0.15, -0.1) is 0 Å². The molecule has 0 unspecified atom stereocenters. The summed E-state index contributed by atoms with van der Waals surface area (Å²) < 4.78 is 6.06. The molecule has 25 heavy (non-hydrogen) atoms. The van der Waals surface area contributed by atoms with Crippen molar-refractivity contribution in [1.82, 2.24) is 0 Å². The Hall–Kier alpha value is -3.23. The number of hydrogen-bond acceptors (Lipinski definition) is 5. The molecule has 118 valence electrons. The minimum Gasteiger partial charge on any atom is -0.453 e. The van der Waals surface area contributed by atoms with Gasteiger partial charge in [0, 0.05) is 15.4 Å². The number of para-hydroxylation sites is 3. The molecule has 0 atom stereocenters. The maximum atomic E-state index is 11.9. The van der Waals surface area contributed by atoms with Gasteiger partial charge in [-0.3, -0.25) is 4.79 Å². The van der Waals surface area contributed by atoms with Crippen LogP contribution < -0.4 is 9.64 Å². The Bertz CT molecular complexity index is 1030. The van der Waals surface area contributed by atoms with E-state index < -0.39 is 5.78 Å². The van der Waals surface area contributed by atoms with Crippen molar-refractivity contribution < 1.29 is 9.53 Å². The van der Waals surface area contributed by atoms with Crippen LogP contribution in [-0.2, 0) is 0 Å². The molecular weight excluding hydrogens is 332 g/mol. The number of anilines is 3. The Labute approximate surface area is 148 Å². The van der Waals surface area contributed by atoms with Gasteiger partial charge in [-0.1, -0.05) is 36.0 Å². The minimum atomic E-state index is -0.562. The molecule has 3 aromatic carbocycles.